The molecule has 8 heteroatoms. The molecular formula is C16H31Cl2N3O3. The lowest BCUT2D eigenvalue weighted by Gasteiger charge is -2.41. The molecule has 0 aromatic heterocycles. The molecule has 0 aromatic carbocycles. The zero-order valence-electron chi connectivity index (χ0n) is 14.3. The predicted octanol–water partition coefficient (Wildman–Crippen LogP) is 0.909. The number of hydrogen-bond donors (Lipinski definition) is 1. The van der Waals surface area contributed by atoms with Crippen LogP contribution in [0.25, 0.3) is 0 Å². The maximum atomic E-state index is 12.7. The van der Waals surface area contributed by atoms with Crippen LogP contribution in [0.1, 0.15) is 25.7 Å². The van der Waals surface area contributed by atoms with Crippen molar-refractivity contribution >= 4 is 30.7 Å². The Morgan fingerprint density at radius 2 is 1.50 bits per heavy atom. The van der Waals surface area contributed by atoms with Gasteiger partial charge in [-0.15, -0.1) is 24.8 Å². The van der Waals surface area contributed by atoms with Crippen molar-refractivity contribution in [3.63, 3.8) is 0 Å². The van der Waals surface area contributed by atoms with Gasteiger partial charge >= 0.3 is 0 Å². The van der Waals surface area contributed by atoms with E-state index in [1.54, 1.807) is 0 Å². The van der Waals surface area contributed by atoms with Crippen LogP contribution in [0.4, 0.5) is 0 Å². The van der Waals surface area contributed by atoms with E-state index >= 15 is 0 Å². The molecule has 142 valence electrons. The van der Waals surface area contributed by atoms with Gasteiger partial charge in [0, 0.05) is 59.2 Å². The molecule has 0 saturated carbocycles. The second-order valence-electron chi connectivity index (χ2n) is 6.92. The van der Waals surface area contributed by atoms with Crippen molar-refractivity contribution in [2.75, 3.05) is 59.2 Å². The first-order valence-corrected chi connectivity index (χ1v) is 8.63. The molecule has 6 nitrogen and oxygen atoms in total. The third-order valence-corrected chi connectivity index (χ3v) is 5.33. The van der Waals surface area contributed by atoms with Crippen molar-refractivity contribution in [1.29, 1.82) is 0 Å². The zero-order valence-corrected chi connectivity index (χ0v) is 15.9. The van der Waals surface area contributed by atoms with E-state index in [0.717, 1.165) is 51.9 Å². The van der Waals surface area contributed by atoms with Crippen LogP contribution >= 0.6 is 24.8 Å². The van der Waals surface area contributed by atoms with Crippen LogP contribution in [0, 0.1) is 5.92 Å². The van der Waals surface area contributed by atoms with Gasteiger partial charge in [0.2, 0.25) is 5.91 Å². The van der Waals surface area contributed by atoms with E-state index in [4.69, 9.17) is 15.2 Å². The normalized spacial score (nSPS) is 25.5. The number of rotatable bonds is 3. The molecule has 0 aromatic rings. The fraction of sp³-hybridized carbons (Fsp3) is 0.938. The fourth-order valence-corrected chi connectivity index (χ4v) is 3.69. The predicted molar refractivity (Wildman–Crippen MR) is 98.0 cm³/mol. The minimum Gasteiger partial charge on any atom is -0.381 e. The summed E-state index contributed by atoms with van der Waals surface area (Å²) in [5.74, 6) is 0.883. The quantitative estimate of drug-likeness (QED) is 0.784. The second-order valence-corrected chi connectivity index (χ2v) is 6.92. The average Bonchev–Trinajstić information content (AvgIpc) is 2.56. The molecule has 0 radical (unpaired) electrons. The van der Waals surface area contributed by atoms with Crippen molar-refractivity contribution in [2.45, 2.75) is 31.2 Å². The Balaban J connectivity index is 0.00000144. The number of nitrogens with two attached hydrogens (primary N) is 1. The number of piperazine rings is 1. The Morgan fingerprint density at radius 3 is 2.08 bits per heavy atom. The van der Waals surface area contributed by atoms with Gasteiger partial charge in [0.25, 0.3) is 0 Å². The molecule has 1 amide bonds. The Labute approximate surface area is 157 Å². The summed E-state index contributed by atoms with van der Waals surface area (Å²) in [5.41, 5.74) is 5.63. The third kappa shape index (κ3) is 5.44. The summed E-state index contributed by atoms with van der Waals surface area (Å²) in [6, 6.07) is 0. The van der Waals surface area contributed by atoms with Gasteiger partial charge in [-0.25, -0.2) is 0 Å². The molecule has 3 heterocycles. The second kappa shape index (κ2) is 10.1. The minimum atomic E-state index is -0.693. The molecule has 3 rings (SSSR count). The van der Waals surface area contributed by atoms with Crippen LogP contribution in [-0.2, 0) is 14.3 Å². The van der Waals surface area contributed by atoms with Crippen molar-refractivity contribution in [3.8, 4) is 0 Å². The summed E-state index contributed by atoms with van der Waals surface area (Å²) in [4.78, 5) is 17.1. The number of nitrogens with zero attached hydrogens (tertiary/aromatic N) is 2. The first-order valence-electron chi connectivity index (χ1n) is 8.63. The molecule has 3 aliphatic heterocycles. The fourth-order valence-electron chi connectivity index (χ4n) is 3.69. The highest BCUT2D eigenvalue weighted by Crippen LogP contribution is 2.22. The van der Waals surface area contributed by atoms with Crippen molar-refractivity contribution in [1.82, 2.24) is 9.80 Å². The lowest BCUT2D eigenvalue weighted by Crippen LogP contribution is -2.61. The summed E-state index contributed by atoms with van der Waals surface area (Å²) in [6.45, 7) is 7.71. The third-order valence-electron chi connectivity index (χ3n) is 5.33. The van der Waals surface area contributed by atoms with E-state index in [0.29, 0.717) is 26.1 Å². The first kappa shape index (κ1) is 21.9. The Hall–Kier alpha value is -0.110. The highest BCUT2D eigenvalue weighted by molar-refractivity contribution is 5.86. The molecule has 3 fully saturated rings. The topological polar surface area (TPSA) is 68.0 Å². The number of carbonyl (C=O) groups excluding carboxylic acids is 1. The maximum Gasteiger partial charge on any atom is 0.242 e. The summed E-state index contributed by atoms with van der Waals surface area (Å²) in [5, 5.41) is 0. The summed E-state index contributed by atoms with van der Waals surface area (Å²) >= 11 is 0. The molecule has 24 heavy (non-hydrogen) atoms. The van der Waals surface area contributed by atoms with Crippen molar-refractivity contribution < 1.29 is 14.3 Å². The van der Waals surface area contributed by atoms with Crippen LogP contribution in [0.3, 0.4) is 0 Å². The van der Waals surface area contributed by atoms with Gasteiger partial charge < -0.3 is 20.1 Å². The molecule has 2 N–H and O–H groups in total. The molecular weight excluding hydrogens is 353 g/mol. The van der Waals surface area contributed by atoms with E-state index in [1.807, 2.05) is 4.90 Å². The van der Waals surface area contributed by atoms with Gasteiger partial charge in [-0.05, 0) is 31.6 Å². The number of hydrogen-bond acceptors (Lipinski definition) is 5. The average molecular weight is 384 g/mol. The molecule has 0 bridgehead atoms. The van der Waals surface area contributed by atoms with Crippen LogP contribution in [0.5, 0.6) is 0 Å². The van der Waals surface area contributed by atoms with Gasteiger partial charge in [0.1, 0.15) is 0 Å². The smallest absolute Gasteiger partial charge is 0.242 e. The number of amides is 1. The zero-order chi connectivity index (χ0) is 15.4. The van der Waals surface area contributed by atoms with Gasteiger partial charge in [-0.3, -0.25) is 9.69 Å². The van der Waals surface area contributed by atoms with Gasteiger partial charge in [-0.1, -0.05) is 0 Å². The van der Waals surface area contributed by atoms with E-state index in [9.17, 15) is 4.79 Å². The maximum absolute atomic E-state index is 12.7. The molecule has 3 aliphatic rings. The van der Waals surface area contributed by atoms with Crippen molar-refractivity contribution in [3.05, 3.63) is 0 Å². The summed E-state index contributed by atoms with van der Waals surface area (Å²) in [6.07, 6.45) is 3.64. The molecule has 0 spiro atoms. The van der Waals surface area contributed by atoms with Crippen LogP contribution in [0.15, 0.2) is 0 Å². The summed E-state index contributed by atoms with van der Waals surface area (Å²) < 4.78 is 10.8. The monoisotopic (exact) mass is 383 g/mol. The van der Waals surface area contributed by atoms with Crippen LogP contribution < -0.4 is 5.73 Å². The van der Waals surface area contributed by atoms with E-state index in [-0.39, 0.29) is 30.7 Å². The Kier molecular flexibility index (Phi) is 9.27. The van der Waals surface area contributed by atoms with Crippen molar-refractivity contribution in [2.24, 2.45) is 11.7 Å². The lowest BCUT2D eigenvalue weighted by atomic mass is 9.89. The number of carbonyl (C=O) groups is 1. The van der Waals surface area contributed by atoms with Gasteiger partial charge in [0.15, 0.2) is 0 Å². The van der Waals surface area contributed by atoms with Gasteiger partial charge in [-0.2, -0.15) is 0 Å². The first-order chi connectivity index (χ1) is 10.7. The standard InChI is InChI=1S/C16H29N3O3.2ClH/c17-16(3-11-22-12-4-16)15(20)19-7-5-18(6-8-19)13-14-1-9-21-10-2-14;;/h14H,1-13,17H2;2*1H. The summed E-state index contributed by atoms with van der Waals surface area (Å²) in [7, 11) is 0. The molecule has 0 aliphatic carbocycles. The highest BCUT2D eigenvalue weighted by Gasteiger charge is 2.39. The van der Waals surface area contributed by atoms with E-state index in [1.165, 1.54) is 12.8 Å². The highest BCUT2D eigenvalue weighted by atomic mass is 35.5. The van der Waals surface area contributed by atoms with E-state index in [2.05, 4.69) is 4.90 Å². The SMILES string of the molecule is Cl.Cl.NC1(C(=O)N2CCN(CC3CCOCC3)CC2)CCOCC1. The lowest BCUT2D eigenvalue weighted by molar-refractivity contribution is -0.142. The number of ether oxygens (including phenoxy) is 2. The molecule has 0 atom stereocenters. The largest absolute Gasteiger partial charge is 0.381 e. The molecule has 0 unspecified atom stereocenters. The van der Waals surface area contributed by atoms with Gasteiger partial charge in [0.05, 0.1) is 5.54 Å². The van der Waals surface area contributed by atoms with Crippen LogP contribution in [-0.4, -0.2) is 80.4 Å². The Bertz CT molecular complexity index is 381. The van der Waals surface area contributed by atoms with Crippen LogP contribution in [0.2, 0.25) is 0 Å². The minimum absolute atomic E-state index is 0. The Morgan fingerprint density at radius 1 is 0.958 bits per heavy atom. The van der Waals surface area contributed by atoms with E-state index < -0.39 is 5.54 Å². The molecule has 3 saturated heterocycles. The number of halogens is 2.